The molecule has 1 fully saturated rings. The Balaban J connectivity index is 1.69. The lowest BCUT2D eigenvalue weighted by molar-refractivity contribution is 0.0911. The normalized spacial score (nSPS) is 24.9. The lowest BCUT2D eigenvalue weighted by Crippen LogP contribution is -2.42. The Morgan fingerprint density at radius 1 is 1.35 bits per heavy atom. The first kappa shape index (κ1) is 13.7. The van der Waals surface area contributed by atoms with E-state index < -0.39 is 0 Å². The summed E-state index contributed by atoms with van der Waals surface area (Å²) in [6.07, 6.45) is 5.45. The Morgan fingerprint density at radius 3 is 3.05 bits per heavy atom. The lowest BCUT2D eigenvalue weighted by Gasteiger charge is -2.30. The van der Waals surface area contributed by atoms with Crippen LogP contribution in [0.25, 0.3) is 0 Å². The fourth-order valence-electron chi connectivity index (χ4n) is 3.16. The first-order chi connectivity index (χ1) is 9.78. The third-order valence-electron chi connectivity index (χ3n) is 4.38. The number of carbonyl (C=O) groups is 1. The van der Waals surface area contributed by atoms with Gasteiger partial charge in [-0.05, 0) is 42.5 Å². The van der Waals surface area contributed by atoms with Crippen LogP contribution in [0, 0.1) is 5.92 Å². The molecule has 1 aliphatic carbocycles. The van der Waals surface area contributed by atoms with Gasteiger partial charge in [-0.1, -0.05) is 12.8 Å². The Morgan fingerprint density at radius 2 is 2.20 bits per heavy atom. The molecule has 1 N–H and O–H groups in total. The molecule has 0 aromatic heterocycles. The van der Waals surface area contributed by atoms with E-state index in [0.29, 0.717) is 11.8 Å². The monoisotopic (exact) mass is 293 g/mol. The topological polar surface area (TPSA) is 38.3 Å². The fraction of sp³-hybridized carbons (Fsp3) is 0.562. The predicted octanol–water partition coefficient (Wildman–Crippen LogP) is 3.15. The van der Waals surface area contributed by atoms with E-state index in [2.05, 4.69) is 5.32 Å². The number of fused-ring (bicyclic) bond motifs is 1. The van der Waals surface area contributed by atoms with Crippen molar-refractivity contribution in [2.75, 3.05) is 12.5 Å². The minimum atomic E-state index is 0.0155. The van der Waals surface area contributed by atoms with Crippen molar-refractivity contribution in [3.8, 4) is 5.75 Å². The third kappa shape index (κ3) is 2.78. The Kier molecular flexibility index (Phi) is 4.16. The summed E-state index contributed by atoms with van der Waals surface area (Å²) in [5, 5.41) is 3.16. The molecule has 1 aliphatic heterocycles. The van der Waals surface area contributed by atoms with E-state index in [1.54, 1.807) is 0 Å². The highest BCUT2D eigenvalue weighted by molar-refractivity contribution is 6.18. The summed E-state index contributed by atoms with van der Waals surface area (Å²) in [5.74, 6) is 1.97. The molecule has 1 aromatic carbocycles. The van der Waals surface area contributed by atoms with Crippen molar-refractivity contribution in [2.24, 2.45) is 5.92 Å². The number of amides is 1. The molecule has 0 bridgehead atoms. The summed E-state index contributed by atoms with van der Waals surface area (Å²) in [5.41, 5.74) is 1.86. The van der Waals surface area contributed by atoms with Crippen molar-refractivity contribution in [3.63, 3.8) is 0 Å². The van der Waals surface area contributed by atoms with Gasteiger partial charge in [-0.3, -0.25) is 4.79 Å². The van der Waals surface area contributed by atoms with E-state index in [1.807, 2.05) is 18.2 Å². The van der Waals surface area contributed by atoms with Gasteiger partial charge < -0.3 is 10.1 Å². The number of nitrogens with one attached hydrogen (secondary N) is 1. The number of benzene rings is 1. The van der Waals surface area contributed by atoms with Gasteiger partial charge in [0, 0.05) is 23.9 Å². The SMILES string of the molecule is O=C(NC1CCCCC1CCl)c1ccc2c(c1)CCO2. The van der Waals surface area contributed by atoms with Crippen LogP contribution in [0.1, 0.15) is 41.6 Å². The zero-order valence-corrected chi connectivity index (χ0v) is 12.3. The van der Waals surface area contributed by atoms with Crippen LogP contribution < -0.4 is 10.1 Å². The van der Waals surface area contributed by atoms with Crippen LogP contribution in [0.4, 0.5) is 0 Å². The molecule has 2 aliphatic rings. The maximum absolute atomic E-state index is 12.4. The van der Waals surface area contributed by atoms with Crippen molar-refractivity contribution in [1.29, 1.82) is 0 Å². The molecule has 4 heteroatoms. The zero-order chi connectivity index (χ0) is 13.9. The predicted molar refractivity (Wildman–Crippen MR) is 79.6 cm³/mol. The molecule has 1 saturated carbocycles. The second-order valence-corrected chi connectivity index (χ2v) is 6.01. The maximum Gasteiger partial charge on any atom is 0.251 e. The number of ether oxygens (including phenoxy) is 1. The smallest absolute Gasteiger partial charge is 0.251 e. The molecule has 0 saturated heterocycles. The van der Waals surface area contributed by atoms with Crippen molar-refractivity contribution in [1.82, 2.24) is 5.32 Å². The molecule has 108 valence electrons. The average Bonchev–Trinajstić information content (AvgIpc) is 2.95. The van der Waals surface area contributed by atoms with Gasteiger partial charge in [-0.25, -0.2) is 0 Å². The standard InChI is InChI=1S/C16H20ClNO2/c17-10-13-3-1-2-4-14(13)18-16(19)12-5-6-15-11(9-12)7-8-20-15/h5-6,9,13-14H,1-4,7-8,10H2,(H,18,19). The van der Waals surface area contributed by atoms with Crippen LogP contribution in [-0.4, -0.2) is 24.4 Å². The first-order valence-corrected chi connectivity index (χ1v) is 7.94. The molecular formula is C16H20ClNO2. The molecule has 3 nitrogen and oxygen atoms in total. The third-order valence-corrected chi connectivity index (χ3v) is 4.77. The van der Waals surface area contributed by atoms with E-state index in [9.17, 15) is 4.79 Å². The Labute approximate surface area is 124 Å². The number of hydrogen-bond donors (Lipinski definition) is 1. The molecule has 20 heavy (non-hydrogen) atoms. The van der Waals surface area contributed by atoms with Crippen molar-refractivity contribution in [3.05, 3.63) is 29.3 Å². The summed E-state index contributed by atoms with van der Waals surface area (Å²) >= 11 is 6.01. The van der Waals surface area contributed by atoms with E-state index in [4.69, 9.17) is 16.3 Å². The van der Waals surface area contributed by atoms with E-state index >= 15 is 0 Å². The van der Waals surface area contributed by atoms with Gasteiger partial charge in [-0.2, -0.15) is 0 Å². The minimum Gasteiger partial charge on any atom is -0.493 e. The van der Waals surface area contributed by atoms with E-state index in [-0.39, 0.29) is 11.9 Å². The maximum atomic E-state index is 12.4. The quantitative estimate of drug-likeness (QED) is 0.870. The van der Waals surface area contributed by atoms with Gasteiger partial charge in [0.25, 0.3) is 5.91 Å². The highest BCUT2D eigenvalue weighted by atomic mass is 35.5. The van der Waals surface area contributed by atoms with Gasteiger partial charge in [-0.15, -0.1) is 11.6 Å². The van der Waals surface area contributed by atoms with Crippen LogP contribution >= 0.6 is 11.6 Å². The molecule has 1 aromatic rings. The highest BCUT2D eigenvalue weighted by Gasteiger charge is 2.26. The number of rotatable bonds is 3. The van der Waals surface area contributed by atoms with Crippen molar-refractivity contribution < 1.29 is 9.53 Å². The summed E-state index contributed by atoms with van der Waals surface area (Å²) in [6.45, 7) is 0.720. The molecular weight excluding hydrogens is 274 g/mol. The van der Waals surface area contributed by atoms with E-state index in [1.165, 1.54) is 12.8 Å². The Hall–Kier alpha value is -1.22. The second-order valence-electron chi connectivity index (χ2n) is 5.70. The number of alkyl halides is 1. The van der Waals surface area contributed by atoms with Crippen LogP contribution in [0.15, 0.2) is 18.2 Å². The van der Waals surface area contributed by atoms with E-state index in [0.717, 1.165) is 42.7 Å². The van der Waals surface area contributed by atoms with Crippen LogP contribution in [0.3, 0.4) is 0 Å². The zero-order valence-electron chi connectivity index (χ0n) is 11.5. The summed E-state index contributed by atoms with van der Waals surface area (Å²) < 4.78 is 5.47. The van der Waals surface area contributed by atoms with Gasteiger partial charge in [0.1, 0.15) is 5.75 Å². The second kappa shape index (κ2) is 6.04. The number of hydrogen-bond acceptors (Lipinski definition) is 2. The fourth-order valence-corrected chi connectivity index (χ4v) is 3.53. The molecule has 2 atom stereocenters. The van der Waals surface area contributed by atoms with Crippen LogP contribution in [0.2, 0.25) is 0 Å². The molecule has 1 heterocycles. The highest BCUT2D eigenvalue weighted by Crippen LogP contribution is 2.27. The molecule has 3 rings (SSSR count). The van der Waals surface area contributed by atoms with Gasteiger partial charge in [0.15, 0.2) is 0 Å². The number of halogens is 1. The summed E-state index contributed by atoms with van der Waals surface area (Å²) in [6, 6.07) is 5.92. The average molecular weight is 294 g/mol. The van der Waals surface area contributed by atoms with Crippen LogP contribution in [0.5, 0.6) is 5.75 Å². The lowest BCUT2D eigenvalue weighted by atomic mass is 9.85. The first-order valence-electron chi connectivity index (χ1n) is 7.40. The largest absolute Gasteiger partial charge is 0.493 e. The summed E-state index contributed by atoms with van der Waals surface area (Å²) in [4.78, 5) is 12.4. The van der Waals surface area contributed by atoms with Gasteiger partial charge in [0.05, 0.1) is 6.61 Å². The van der Waals surface area contributed by atoms with Crippen molar-refractivity contribution in [2.45, 2.75) is 38.1 Å². The molecule has 0 radical (unpaired) electrons. The van der Waals surface area contributed by atoms with Crippen LogP contribution in [-0.2, 0) is 6.42 Å². The molecule has 2 unspecified atom stereocenters. The summed E-state index contributed by atoms with van der Waals surface area (Å²) in [7, 11) is 0. The minimum absolute atomic E-state index is 0.0155. The Bertz CT molecular complexity index is 503. The molecule has 0 spiro atoms. The van der Waals surface area contributed by atoms with Gasteiger partial charge >= 0.3 is 0 Å². The van der Waals surface area contributed by atoms with Gasteiger partial charge in [0.2, 0.25) is 0 Å². The van der Waals surface area contributed by atoms with Crippen molar-refractivity contribution >= 4 is 17.5 Å². The number of carbonyl (C=O) groups excluding carboxylic acids is 1. The molecule has 1 amide bonds.